The van der Waals surface area contributed by atoms with Crippen molar-refractivity contribution in [1.29, 1.82) is 0 Å². The van der Waals surface area contributed by atoms with Crippen molar-refractivity contribution in [2.45, 2.75) is 12.7 Å². The third-order valence-electron chi connectivity index (χ3n) is 3.54. The van der Waals surface area contributed by atoms with E-state index in [1.54, 1.807) is 0 Å². The molecule has 0 saturated heterocycles. The van der Waals surface area contributed by atoms with Crippen molar-refractivity contribution in [2.24, 2.45) is 0 Å². The molecule has 0 aliphatic carbocycles. The maximum absolute atomic E-state index is 13.2. The fourth-order valence-electron chi connectivity index (χ4n) is 2.33. The van der Waals surface area contributed by atoms with Crippen molar-refractivity contribution in [3.05, 3.63) is 58.6 Å². The van der Waals surface area contributed by atoms with Crippen LogP contribution in [-0.4, -0.2) is 15.5 Å². The maximum Gasteiger partial charge on any atom is 0.425 e. The van der Waals surface area contributed by atoms with Gasteiger partial charge in [-0.2, -0.15) is 22.0 Å². The fraction of sp³-hybridized carbons (Fsp3) is 0.111. The van der Waals surface area contributed by atoms with Gasteiger partial charge in [0.25, 0.3) is 0 Å². The summed E-state index contributed by atoms with van der Waals surface area (Å²) in [5.74, 6) is 4.64. The van der Waals surface area contributed by atoms with Crippen LogP contribution in [0, 0.1) is 11.8 Å². The Morgan fingerprint density at radius 3 is 2.68 bits per heavy atom. The Morgan fingerprint density at radius 1 is 1.32 bits per heavy atom. The lowest BCUT2D eigenvalue weighted by molar-refractivity contribution is -0.134. The van der Waals surface area contributed by atoms with Crippen LogP contribution in [0.15, 0.2) is 43.2 Å². The smallest absolute Gasteiger partial charge is 0.321 e. The van der Waals surface area contributed by atoms with Gasteiger partial charge in [-0.3, -0.25) is 9.36 Å². The van der Waals surface area contributed by atoms with E-state index in [4.69, 9.17) is 0 Å². The van der Waals surface area contributed by atoms with Crippen LogP contribution in [0.3, 0.4) is 0 Å². The van der Waals surface area contributed by atoms with Crippen LogP contribution < -0.4 is 5.32 Å². The first-order chi connectivity index (χ1) is 13.2. The Bertz CT molecular complexity index is 1120. The molecule has 1 N–H and O–H groups in total. The molecule has 0 bridgehead atoms. The number of thiophene rings is 1. The van der Waals surface area contributed by atoms with E-state index in [-0.39, 0.29) is 27.2 Å². The maximum atomic E-state index is 13.2. The van der Waals surface area contributed by atoms with E-state index in [9.17, 15) is 26.7 Å². The number of rotatable bonds is 3. The molecule has 4 nitrogen and oxygen atoms in total. The van der Waals surface area contributed by atoms with Crippen LogP contribution in [0.2, 0.25) is 0 Å². The Labute approximate surface area is 159 Å². The topological polar surface area (TPSA) is 46.9 Å². The molecule has 0 unspecified atom stereocenters. The number of pyridine rings is 1. The van der Waals surface area contributed by atoms with Crippen LogP contribution in [0.5, 0.6) is 0 Å². The zero-order valence-electron chi connectivity index (χ0n) is 13.8. The van der Waals surface area contributed by atoms with Gasteiger partial charge in [0.2, 0.25) is 5.91 Å². The van der Waals surface area contributed by atoms with Crippen molar-refractivity contribution in [3.63, 3.8) is 0 Å². The molecule has 0 aliphatic heterocycles. The molecule has 3 heterocycles. The lowest BCUT2D eigenvalue weighted by Crippen LogP contribution is -2.07. The van der Waals surface area contributed by atoms with Crippen molar-refractivity contribution in [3.8, 4) is 11.8 Å². The molecule has 0 aromatic carbocycles. The molecule has 0 saturated carbocycles. The van der Waals surface area contributed by atoms with Crippen LogP contribution >= 0.6 is 11.3 Å². The quantitative estimate of drug-likeness (QED) is 0.373. The van der Waals surface area contributed by atoms with Crippen LogP contribution in [0.25, 0.3) is 11.0 Å². The average molecular weight is 411 g/mol. The lowest BCUT2D eigenvalue weighted by atomic mass is 10.2. The number of halogens is 5. The number of hydrogen-bond acceptors (Lipinski definition) is 3. The van der Waals surface area contributed by atoms with Crippen LogP contribution in [0.4, 0.5) is 27.6 Å². The first-order valence-corrected chi connectivity index (χ1v) is 8.42. The number of aromatic nitrogens is 2. The Balaban J connectivity index is 2.04. The third-order valence-corrected chi connectivity index (χ3v) is 4.58. The molecular weight excluding hydrogens is 401 g/mol. The Morgan fingerprint density at radius 2 is 2.07 bits per heavy atom. The molecule has 1 amide bonds. The van der Waals surface area contributed by atoms with Gasteiger partial charge in [-0.15, -0.1) is 11.3 Å². The van der Waals surface area contributed by atoms with E-state index >= 15 is 0 Å². The summed E-state index contributed by atoms with van der Waals surface area (Å²) in [5, 5.41) is 2.68. The van der Waals surface area contributed by atoms with E-state index in [0.717, 1.165) is 18.3 Å². The number of nitrogens with zero attached hydrogens (tertiary/aromatic N) is 2. The third kappa shape index (κ3) is 4.04. The van der Waals surface area contributed by atoms with Crippen LogP contribution in [-0.2, 0) is 11.0 Å². The highest BCUT2D eigenvalue weighted by Gasteiger charge is 2.32. The summed E-state index contributed by atoms with van der Waals surface area (Å²) in [5.41, 5.74) is 0.306. The molecule has 3 aromatic rings. The van der Waals surface area contributed by atoms with Gasteiger partial charge in [0.05, 0.1) is 22.3 Å². The second-order valence-electron chi connectivity index (χ2n) is 5.43. The summed E-state index contributed by atoms with van der Waals surface area (Å²) in [6.45, 7) is 0.418. The number of carbonyl (C=O) groups excluding carboxylic acids is 1. The first-order valence-electron chi connectivity index (χ1n) is 7.60. The Kier molecular flexibility index (Phi) is 5.20. The molecule has 0 aliphatic rings. The fourth-order valence-corrected chi connectivity index (χ4v) is 3.05. The Hall–Kier alpha value is -3.19. The van der Waals surface area contributed by atoms with Gasteiger partial charge in [-0.1, -0.05) is 18.4 Å². The van der Waals surface area contributed by atoms with Gasteiger partial charge in [0, 0.05) is 11.6 Å². The normalized spacial score (nSPS) is 11.4. The molecule has 10 heteroatoms. The number of hydrogen-bond donors (Lipinski definition) is 1. The van der Waals surface area contributed by atoms with Gasteiger partial charge < -0.3 is 5.32 Å². The van der Waals surface area contributed by atoms with E-state index in [2.05, 4.69) is 28.7 Å². The van der Waals surface area contributed by atoms with Gasteiger partial charge in [-0.05, 0) is 24.3 Å². The minimum absolute atomic E-state index is 0.0712. The number of fused-ring (bicyclic) bond motifs is 1. The SMILES string of the molecule is C=CC(=O)Nc1cnc2c(c1)c(C#Cc1ccc(C(F)(F)F)s1)cn2C(F)F. The predicted octanol–water partition coefficient (Wildman–Crippen LogP) is 5.04. The molecule has 28 heavy (non-hydrogen) atoms. The molecule has 0 radical (unpaired) electrons. The van der Waals surface area contributed by atoms with Gasteiger partial charge in [-0.25, -0.2) is 4.98 Å². The zero-order valence-corrected chi connectivity index (χ0v) is 14.7. The minimum atomic E-state index is -4.47. The summed E-state index contributed by atoms with van der Waals surface area (Å²) in [7, 11) is 0. The lowest BCUT2D eigenvalue weighted by Gasteiger charge is -2.04. The van der Waals surface area contributed by atoms with Crippen molar-refractivity contribution in [2.75, 3.05) is 5.32 Å². The number of anilines is 1. The molecular formula is C18H10F5N3OS. The van der Waals surface area contributed by atoms with Crippen molar-refractivity contribution >= 4 is 34.0 Å². The highest BCUT2D eigenvalue weighted by atomic mass is 32.1. The second-order valence-corrected chi connectivity index (χ2v) is 6.51. The number of amides is 1. The number of carbonyl (C=O) groups is 1. The largest absolute Gasteiger partial charge is 0.425 e. The second kappa shape index (κ2) is 7.44. The highest BCUT2D eigenvalue weighted by molar-refractivity contribution is 7.12. The molecule has 144 valence electrons. The highest BCUT2D eigenvalue weighted by Crippen LogP contribution is 2.34. The summed E-state index contributed by atoms with van der Waals surface area (Å²) < 4.78 is 65.1. The van der Waals surface area contributed by atoms with Crippen molar-refractivity contribution < 1.29 is 26.7 Å². The summed E-state index contributed by atoms with van der Waals surface area (Å²) in [6, 6.07) is 3.52. The van der Waals surface area contributed by atoms with Gasteiger partial charge in [0.1, 0.15) is 10.5 Å². The standard InChI is InChI=1S/C18H10F5N3OS/c1-2-15(27)25-11-7-13-10(9-26(17(19)20)16(13)24-8-11)3-4-12-5-6-14(28-12)18(21,22)23/h2,5-9,17H,1H2,(H,25,27). The van der Waals surface area contributed by atoms with Crippen LogP contribution in [0.1, 0.15) is 21.9 Å². The monoisotopic (exact) mass is 411 g/mol. The van der Waals surface area contributed by atoms with E-state index < -0.39 is 23.5 Å². The van der Waals surface area contributed by atoms with E-state index in [0.29, 0.717) is 15.9 Å². The predicted molar refractivity (Wildman–Crippen MR) is 95.1 cm³/mol. The molecule has 0 spiro atoms. The molecule has 0 atom stereocenters. The van der Waals surface area contributed by atoms with E-state index in [1.165, 1.54) is 18.3 Å². The number of alkyl halides is 5. The average Bonchev–Trinajstić information content (AvgIpc) is 3.24. The van der Waals surface area contributed by atoms with Crippen molar-refractivity contribution in [1.82, 2.24) is 9.55 Å². The molecule has 0 fully saturated rings. The number of nitrogens with one attached hydrogen (secondary N) is 1. The minimum Gasteiger partial charge on any atom is -0.321 e. The molecule has 3 rings (SSSR count). The molecule has 3 aromatic heterocycles. The zero-order chi connectivity index (χ0) is 20.5. The summed E-state index contributed by atoms with van der Waals surface area (Å²) >= 11 is 0.455. The van der Waals surface area contributed by atoms with Gasteiger partial charge in [0.15, 0.2) is 0 Å². The summed E-state index contributed by atoms with van der Waals surface area (Å²) in [6.07, 6.45) is -1.18. The van der Waals surface area contributed by atoms with E-state index in [1.807, 2.05) is 0 Å². The first kappa shape index (κ1) is 19.6. The van der Waals surface area contributed by atoms with Gasteiger partial charge >= 0.3 is 12.7 Å². The summed E-state index contributed by atoms with van der Waals surface area (Å²) in [4.78, 5) is 14.7.